The standard InChI is InChI=1S/C29H27F2N3O3/c1-33-29(37-24-15-13-23(31)14-16-24)26(27(32-33)20-6-3-2-4-7-20)19-34(18-25-8-5-17-36-25)28(35)21-9-11-22(30)12-10-21/h2-4,6-7,9-16,25H,5,8,17-19H2,1H3. The maximum absolute atomic E-state index is 13.6. The number of amides is 1. The first-order valence-corrected chi connectivity index (χ1v) is 12.2. The maximum atomic E-state index is 13.6. The first kappa shape index (κ1) is 24.6. The third-order valence-electron chi connectivity index (χ3n) is 6.34. The lowest BCUT2D eigenvalue weighted by molar-refractivity contribution is 0.0506. The number of aryl methyl sites for hydroxylation is 1. The van der Waals surface area contributed by atoms with Gasteiger partial charge in [0.05, 0.1) is 18.2 Å². The van der Waals surface area contributed by atoms with E-state index in [1.54, 1.807) is 28.8 Å². The molecule has 1 atom stereocenters. The molecule has 4 aromatic rings. The van der Waals surface area contributed by atoms with Gasteiger partial charge in [0.25, 0.3) is 5.91 Å². The van der Waals surface area contributed by atoms with Crippen molar-refractivity contribution in [2.24, 2.45) is 7.05 Å². The van der Waals surface area contributed by atoms with E-state index in [2.05, 4.69) is 0 Å². The molecule has 0 N–H and O–H groups in total. The number of hydrogen-bond acceptors (Lipinski definition) is 4. The van der Waals surface area contributed by atoms with Crippen LogP contribution in [0.3, 0.4) is 0 Å². The molecule has 190 valence electrons. The Kier molecular flexibility index (Phi) is 7.28. The summed E-state index contributed by atoms with van der Waals surface area (Å²) in [5.74, 6) is -0.132. The monoisotopic (exact) mass is 503 g/mol. The van der Waals surface area contributed by atoms with Gasteiger partial charge in [-0.2, -0.15) is 5.10 Å². The summed E-state index contributed by atoms with van der Waals surface area (Å²) in [6.07, 6.45) is 1.69. The summed E-state index contributed by atoms with van der Waals surface area (Å²) in [6.45, 7) is 1.21. The summed E-state index contributed by atoms with van der Waals surface area (Å²) in [6, 6.07) is 20.9. The van der Waals surface area contributed by atoms with Crippen molar-refractivity contribution in [1.29, 1.82) is 0 Å². The SMILES string of the molecule is Cn1nc(-c2ccccc2)c(CN(CC2CCCO2)C(=O)c2ccc(F)cc2)c1Oc1ccc(F)cc1. The number of ether oxygens (including phenoxy) is 2. The minimum Gasteiger partial charge on any atom is -0.439 e. The van der Waals surface area contributed by atoms with Crippen molar-refractivity contribution in [2.45, 2.75) is 25.5 Å². The summed E-state index contributed by atoms with van der Waals surface area (Å²) in [5.41, 5.74) is 2.62. The number of rotatable bonds is 8. The predicted molar refractivity (Wildman–Crippen MR) is 135 cm³/mol. The fourth-order valence-corrected chi connectivity index (χ4v) is 4.48. The van der Waals surface area contributed by atoms with Crippen LogP contribution >= 0.6 is 0 Å². The highest BCUT2D eigenvalue weighted by atomic mass is 19.1. The molecule has 0 spiro atoms. The molecule has 1 unspecified atom stereocenters. The summed E-state index contributed by atoms with van der Waals surface area (Å²) in [7, 11) is 1.76. The van der Waals surface area contributed by atoms with Gasteiger partial charge in [0.1, 0.15) is 23.1 Å². The van der Waals surface area contributed by atoms with Crippen LogP contribution in [0.4, 0.5) is 8.78 Å². The van der Waals surface area contributed by atoms with Crippen molar-refractivity contribution < 1.29 is 23.0 Å². The molecule has 1 aliphatic rings. The van der Waals surface area contributed by atoms with Crippen LogP contribution in [0.25, 0.3) is 11.3 Å². The van der Waals surface area contributed by atoms with Gasteiger partial charge in [0.15, 0.2) is 0 Å². The van der Waals surface area contributed by atoms with Crippen LogP contribution in [0.15, 0.2) is 78.9 Å². The molecule has 5 rings (SSSR count). The van der Waals surface area contributed by atoms with Crippen molar-refractivity contribution in [3.05, 3.63) is 102 Å². The van der Waals surface area contributed by atoms with Gasteiger partial charge in [0, 0.05) is 31.3 Å². The van der Waals surface area contributed by atoms with Gasteiger partial charge in [-0.15, -0.1) is 0 Å². The smallest absolute Gasteiger partial charge is 0.254 e. The van der Waals surface area contributed by atoms with Crippen LogP contribution in [0, 0.1) is 11.6 Å². The Labute approximate surface area is 214 Å². The lowest BCUT2D eigenvalue weighted by atomic mass is 10.1. The number of halogens is 2. The summed E-state index contributed by atoms with van der Waals surface area (Å²) in [5, 5.41) is 4.72. The highest BCUT2D eigenvalue weighted by molar-refractivity contribution is 5.94. The van der Waals surface area contributed by atoms with Crippen LogP contribution in [0.1, 0.15) is 28.8 Å². The number of carbonyl (C=O) groups is 1. The maximum Gasteiger partial charge on any atom is 0.254 e. The molecule has 0 saturated carbocycles. The van der Waals surface area contributed by atoms with Gasteiger partial charge >= 0.3 is 0 Å². The van der Waals surface area contributed by atoms with Crippen LogP contribution in [0.2, 0.25) is 0 Å². The highest BCUT2D eigenvalue weighted by Gasteiger charge is 2.28. The molecule has 0 radical (unpaired) electrons. The molecular formula is C29H27F2N3O3. The Bertz CT molecular complexity index is 1350. The van der Waals surface area contributed by atoms with E-state index >= 15 is 0 Å². The van der Waals surface area contributed by atoms with Crippen molar-refractivity contribution in [1.82, 2.24) is 14.7 Å². The predicted octanol–water partition coefficient (Wildman–Crippen LogP) is 5.98. The number of hydrogen-bond donors (Lipinski definition) is 0. The number of aromatic nitrogens is 2. The molecule has 1 aromatic heterocycles. The number of nitrogens with zero attached hydrogens (tertiary/aromatic N) is 3. The molecular weight excluding hydrogens is 476 g/mol. The zero-order valence-corrected chi connectivity index (χ0v) is 20.4. The van der Waals surface area contributed by atoms with Crippen LogP contribution in [0.5, 0.6) is 11.6 Å². The summed E-state index contributed by atoms with van der Waals surface area (Å²) >= 11 is 0. The van der Waals surface area contributed by atoms with Gasteiger partial charge in [-0.25, -0.2) is 13.5 Å². The molecule has 37 heavy (non-hydrogen) atoms. The van der Waals surface area contributed by atoms with Gasteiger partial charge in [-0.3, -0.25) is 4.79 Å². The topological polar surface area (TPSA) is 56.6 Å². The number of carbonyl (C=O) groups excluding carboxylic acids is 1. The second-order valence-corrected chi connectivity index (χ2v) is 9.01. The van der Waals surface area contributed by atoms with E-state index in [-0.39, 0.29) is 24.4 Å². The Hall–Kier alpha value is -4.04. The Morgan fingerprint density at radius 2 is 1.70 bits per heavy atom. The number of benzene rings is 3. The molecule has 0 bridgehead atoms. The second-order valence-electron chi connectivity index (χ2n) is 9.01. The quantitative estimate of drug-likeness (QED) is 0.297. The van der Waals surface area contributed by atoms with E-state index in [4.69, 9.17) is 14.6 Å². The van der Waals surface area contributed by atoms with Crippen molar-refractivity contribution in [2.75, 3.05) is 13.2 Å². The van der Waals surface area contributed by atoms with Gasteiger partial charge in [-0.1, -0.05) is 30.3 Å². The van der Waals surface area contributed by atoms with E-state index < -0.39 is 5.82 Å². The first-order valence-electron chi connectivity index (χ1n) is 12.2. The highest BCUT2D eigenvalue weighted by Crippen LogP contribution is 2.35. The largest absolute Gasteiger partial charge is 0.439 e. The van der Waals surface area contributed by atoms with E-state index in [1.165, 1.54) is 36.4 Å². The van der Waals surface area contributed by atoms with E-state index in [9.17, 15) is 13.6 Å². The minimum absolute atomic E-state index is 0.0947. The first-order chi connectivity index (χ1) is 18.0. The molecule has 6 nitrogen and oxygen atoms in total. The van der Waals surface area contributed by atoms with Crippen LogP contribution in [-0.4, -0.2) is 39.8 Å². The van der Waals surface area contributed by atoms with Crippen molar-refractivity contribution >= 4 is 5.91 Å². The Morgan fingerprint density at radius 3 is 2.35 bits per heavy atom. The minimum atomic E-state index is -0.407. The third kappa shape index (κ3) is 5.70. The van der Waals surface area contributed by atoms with Crippen LogP contribution < -0.4 is 4.74 Å². The van der Waals surface area contributed by atoms with E-state index in [0.29, 0.717) is 41.6 Å². The van der Waals surface area contributed by atoms with Gasteiger partial charge in [0.2, 0.25) is 5.88 Å². The molecule has 1 aliphatic heterocycles. The van der Waals surface area contributed by atoms with Crippen molar-refractivity contribution in [3.63, 3.8) is 0 Å². The third-order valence-corrected chi connectivity index (χ3v) is 6.34. The lowest BCUT2D eigenvalue weighted by Crippen LogP contribution is -2.37. The molecule has 1 fully saturated rings. The molecule has 1 saturated heterocycles. The lowest BCUT2D eigenvalue weighted by Gasteiger charge is -2.26. The zero-order valence-electron chi connectivity index (χ0n) is 20.4. The normalized spacial score (nSPS) is 15.1. The molecule has 1 amide bonds. The van der Waals surface area contributed by atoms with Gasteiger partial charge < -0.3 is 14.4 Å². The second kappa shape index (κ2) is 10.9. The summed E-state index contributed by atoms with van der Waals surface area (Å²) < 4.78 is 40.7. The van der Waals surface area contributed by atoms with E-state index in [1.807, 2.05) is 30.3 Å². The summed E-state index contributed by atoms with van der Waals surface area (Å²) in [4.78, 5) is 15.3. The fourth-order valence-electron chi connectivity index (χ4n) is 4.48. The Balaban J connectivity index is 1.55. The van der Waals surface area contributed by atoms with Gasteiger partial charge in [-0.05, 0) is 61.4 Å². The zero-order chi connectivity index (χ0) is 25.8. The van der Waals surface area contributed by atoms with E-state index in [0.717, 1.165) is 18.4 Å². The molecule has 0 aliphatic carbocycles. The molecule has 2 heterocycles. The van der Waals surface area contributed by atoms with Crippen molar-refractivity contribution in [3.8, 4) is 22.9 Å². The average Bonchev–Trinajstić information content (AvgIpc) is 3.54. The Morgan fingerprint density at radius 1 is 1.03 bits per heavy atom. The molecule has 3 aromatic carbocycles. The van der Waals surface area contributed by atoms with Crippen LogP contribution in [-0.2, 0) is 18.3 Å². The molecule has 8 heteroatoms. The average molecular weight is 504 g/mol. The fraction of sp³-hybridized carbons (Fsp3) is 0.241.